The lowest BCUT2D eigenvalue weighted by Gasteiger charge is -2.33. The van der Waals surface area contributed by atoms with Crippen molar-refractivity contribution in [3.8, 4) is 0 Å². The fourth-order valence-corrected chi connectivity index (χ4v) is 2.62. The number of hydrogen-bond donors (Lipinski definition) is 0. The van der Waals surface area contributed by atoms with Gasteiger partial charge in [-0.3, -0.25) is 0 Å². The molecule has 0 spiro atoms. The van der Waals surface area contributed by atoms with Crippen molar-refractivity contribution in [2.24, 2.45) is 0 Å². The minimum absolute atomic E-state index is 0. The number of benzene rings is 1. The summed E-state index contributed by atoms with van der Waals surface area (Å²) in [4.78, 5) is 2.44. The zero-order valence-electron chi connectivity index (χ0n) is 9.25. The van der Waals surface area contributed by atoms with E-state index >= 15 is 0 Å². The maximum absolute atomic E-state index is 3.47. The summed E-state index contributed by atoms with van der Waals surface area (Å²) in [5, 5.41) is 0. The van der Waals surface area contributed by atoms with Crippen molar-refractivity contribution in [3.63, 3.8) is 0 Å². The summed E-state index contributed by atoms with van der Waals surface area (Å²) in [6, 6.07) is 9.38. The first kappa shape index (κ1) is 14.3. The van der Waals surface area contributed by atoms with Gasteiger partial charge in [0.1, 0.15) is 0 Å². The quantitative estimate of drug-likeness (QED) is 0.757. The fourth-order valence-electron chi connectivity index (χ4n) is 2.36. The van der Waals surface area contributed by atoms with Crippen molar-refractivity contribution < 1.29 is 0 Å². The topological polar surface area (TPSA) is 3.24 Å². The number of rotatable bonds is 2. The van der Waals surface area contributed by atoms with Crippen LogP contribution in [0.25, 0.3) is 0 Å². The number of hydrogen-bond acceptors (Lipinski definition) is 1. The van der Waals surface area contributed by atoms with Gasteiger partial charge in [0, 0.05) is 23.2 Å². The monoisotopic (exact) mass is 293 g/mol. The van der Waals surface area contributed by atoms with Crippen LogP contribution in [0, 0.1) is 0 Å². The molecule has 0 unspecified atom stereocenters. The Kier molecular flexibility index (Phi) is 6.15. The van der Waals surface area contributed by atoms with Gasteiger partial charge in [0.15, 0.2) is 0 Å². The number of anilines is 1. The molecule has 1 nitrogen and oxygen atoms in total. The van der Waals surface area contributed by atoms with Crippen molar-refractivity contribution in [1.29, 1.82) is 0 Å². The molecule has 16 heavy (non-hydrogen) atoms. The third kappa shape index (κ3) is 3.64. The summed E-state index contributed by atoms with van der Waals surface area (Å²) in [5.41, 5.74) is 1.34. The Morgan fingerprint density at radius 1 is 1.06 bits per heavy atom. The third-order valence-corrected chi connectivity index (χ3v) is 3.88. The molecule has 1 aromatic carbocycles. The summed E-state index contributed by atoms with van der Waals surface area (Å²) in [5.74, 6) is 0. The molecule has 1 aliphatic rings. The molecule has 3 heteroatoms. The molecule has 1 aromatic rings. The molecule has 1 aliphatic carbocycles. The van der Waals surface area contributed by atoms with Crippen LogP contribution in [0.4, 0.5) is 5.69 Å². The summed E-state index contributed by atoms with van der Waals surface area (Å²) >= 11 is 3.47. The molecule has 0 radical (unpaired) electrons. The van der Waals surface area contributed by atoms with E-state index in [2.05, 4.69) is 52.1 Å². The van der Waals surface area contributed by atoms with Crippen LogP contribution in [-0.4, -0.2) is 36.1 Å². The lowest BCUT2D eigenvalue weighted by atomic mass is 9.94. The average Bonchev–Trinajstić information content (AvgIpc) is 2.30. The second kappa shape index (κ2) is 6.87. The largest absolute Gasteiger partial charge is 0.372 e. The summed E-state index contributed by atoms with van der Waals surface area (Å²) in [7, 11) is 2.22. The molecular weight excluding hydrogens is 274 g/mol. The third-order valence-electron chi connectivity index (χ3n) is 3.36. The highest BCUT2D eigenvalue weighted by molar-refractivity contribution is 9.10. The van der Waals surface area contributed by atoms with Gasteiger partial charge in [-0.15, -0.1) is 0 Å². The normalized spacial score (nSPS) is 16.6. The minimum atomic E-state index is 0. The molecule has 1 fully saturated rings. The average molecular weight is 295 g/mol. The maximum atomic E-state index is 3.47. The molecule has 0 saturated heterocycles. The van der Waals surface area contributed by atoms with E-state index in [-0.39, 0.29) is 23.1 Å². The SMILES string of the molecule is CN(c1ccc(Br)cc1)C1CCCCC1.[MgH2]. The molecule has 0 bridgehead atoms. The Balaban J connectivity index is 0.00000128. The van der Waals surface area contributed by atoms with E-state index in [0.29, 0.717) is 0 Å². The van der Waals surface area contributed by atoms with E-state index in [0.717, 1.165) is 10.5 Å². The van der Waals surface area contributed by atoms with E-state index in [1.165, 1.54) is 37.8 Å². The maximum Gasteiger partial charge on any atom is 0.316 e. The number of halogens is 1. The van der Waals surface area contributed by atoms with E-state index in [1.54, 1.807) is 0 Å². The molecule has 0 N–H and O–H groups in total. The van der Waals surface area contributed by atoms with Crippen molar-refractivity contribution in [3.05, 3.63) is 28.7 Å². The highest BCUT2D eigenvalue weighted by Gasteiger charge is 2.17. The molecule has 86 valence electrons. The van der Waals surface area contributed by atoms with Crippen molar-refractivity contribution >= 4 is 44.7 Å². The summed E-state index contributed by atoms with van der Waals surface area (Å²) < 4.78 is 1.16. The van der Waals surface area contributed by atoms with Gasteiger partial charge in [-0.05, 0) is 37.1 Å². The molecule has 1 saturated carbocycles. The van der Waals surface area contributed by atoms with Crippen LogP contribution < -0.4 is 4.90 Å². The van der Waals surface area contributed by atoms with Crippen LogP contribution in [0.15, 0.2) is 28.7 Å². The van der Waals surface area contributed by atoms with E-state index in [1.807, 2.05) is 0 Å². The Labute approximate surface area is 123 Å². The molecule has 0 aromatic heterocycles. The van der Waals surface area contributed by atoms with Gasteiger partial charge in [-0.1, -0.05) is 35.2 Å². The zero-order chi connectivity index (χ0) is 10.7. The van der Waals surface area contributed by atoms with Crippen molar-refractivity contribution in [1.82, 2.24) is 0 Å². The molecule has 0 amide bonds. The lowest BCUT2D eigenvalue weighted by Crippen LogP contribution is -2.33. The molecule has 2 rings (SSSR count). The predicted octanol–water partition coefficient (Wildman–Crippen LogP) is 3.30. The molecule has 0 heterocycles. The van der Waals surface area contributed by atoms with Crippen molar-refractivity contribution in [2.75, 3.05) is 11.9 Å². The summed E-state index contributed by atoms with van der Waals surface area (Å²) in [6.07, 6.45) is 6.92. The Morgan fingerprint density at radius 3 is 2.19 bits per heavy atom. The van der Waals surface area contributed by atoms with Gasteiger partial charge in [0.05, 0.1) is 0 Å². The predicted molar refractivity (Wildman–Crippen MR) is 78.0 cm³/mol. The second-order valence-corrected chi connectivity index (χ2v) is 5.29. The number of nitrogens with zero attached hydrogens (tertiary/aromatic N) is 1. The van der Waals surface area contributed by atoms with E-state index in [4.69, 9.17) is 0 Å². The lowest BCUT2D eigenvalue weighted by molar-refractivity contribution is 0.427. The Hall–Kier alpha value is 0.266. The Bertz CT molecular complexity index is 306. The molecular formula is C13H20BrMgN. The molecule has 0 atom stereocenters. The van der Waals surface area contributed by atoms with Crippen LogP contribution in [0.2, 0.25) is 0 Å². The van der Waals surface area contributed by atoms with Gasteiger partial charge >= 0.3 is 23.1 Å². The van der Waals surface area contributed by atoms with Gasteiger partial charge in [0.25, 0.3) is 0 Å². The first-order valence-corrected chi connectivity index (χ1v) is 6.55. The fraction of sp³-hybridized carbons (Fsp3) is 0.538. The standard InChI is InChI=1S/C13H18BrN.Mg.2H/c1-15(12-5-3-2-4-6-12)13-9-7-11(14)8-10-13;;;/h7-10,12H,2-6H2,1H3;;;. The van der Waals surface area contributed by atoms with Crippen molar-refractivity contribution in [2.45, 2.75) is 38.1 Å². The van der Waals surface area contributed by atoms with E-state index in [9.17, 15) is 0 Å². The van der Waals surface area contributed by atoms with Gasteiger partial charge in [0.2, 0.25) is 0 Å². The smallest absolute Gasteiger partial charge is 0.316 e. The van der Waals surface area contributed by atoms with Crippen LogP contribution in [0.3, 0.4) is 0 Å². The van der Waals surface area contributed by atoms with Crippen LogP contribution in [-0.2, 0) is 0 Å². The second-order valence-electron chi connectivity index (χ2n) is 4.38. The molecule has 0 aliphatic heterocycles. The highest BCUT2D eigenvalue weighted by Crippen LogP contribution is 2.26. The van der Waals surface area contributed by atoms with Gasteiger partial charge in [-0.2, -0.15) is 0 Å². The van der Waals surface area contributed by atoms with E-state index < -0.39 is 0 Å². The Morgan fingerprint density at radius 2 is 1.62 bits per heavy atom. The highest BCUT2D eigenvalue weighted by atomic mass is 79.9. The first-order valence-electron chi connectivity index (χ1n) is 5.76. The summed E-state index contributed by atoms with van der Waals surface area (Å²) in [6.45, 7) is 0. The van der Waals surface area contributed by atoms with Crippen LogP contribution in [0.1, 0.15) is 32.1 Å². The van der Waals surface area contributed by atoms with Crippen LogP contribution >= 0.6 is 15.9 Å². The van der Waals surface area contributed by atoms with Gasteiger partial charge < -0.3 is 4.90 Å². The van der Waals surface area contributed by atoms with Gasteiger partial charge in [-0.25, -0.2) is 0 Å². The zero-order valence-corrected chi connectivity index (χ0v) is 10.8. The first-order chi connectivity index (χ1) is 7.27. The van der Waals surface area contributed by atoms with Crippen LogP contribution in [0.5, 0.6) is 0 Å². The minimum Gasteiger partial charge on any atom is -0.372 e.